The largest absolute Gasteiger partial charge is 0.497 e. The molecule has 3 rings (SSSR count). The lowest BCUT2D eigenvalue weighted by Gasteiger charge is -2.17. The zero-order chi connectivity index (χ0) is 18.1. The molecule has 0 bridgehead atoms. The van der Waals surface area contributed by atoms with E-state index in [0.29, 0.717) is 17.0 Å². The van der Waals surface area contributed by atoms with E-state index in [1.54, 1.807) is 43.5 Å². The fourth-order valence-electron chi connectivity index (χ4n) is 2.65. The highest BCUT2D eigenvalue weighted by atomic mass is 35.5. The third kappa shape index (κ3) is 2.98. The van der Waals surface area contributed by atoms with Gasteiger partial charge in [0.25, 0.3) is 11.8 Å². The number of amides is 2. The summed E-state index contributed by atoms with van der Waals surface area (Å²) in [6, 6.07) is 14.0. The van der Waals surface area contributed by atoms with Crippen LogP contribution in [0.4, 0.5) is 11.4 Å². The number of carbonyl (C=O) groups is 2. The third-order valence-electron chi connectivity index (χ3n) is 4.03. The van der Waals surface area contributed by atoms with Crippen LogP contribution in [0.25, 0.3) is 5.57 Å². The Morgan fingerprint density at radius 1 is 0.920 bits per heavy atom. The molecule has 0 atom stereocenters. The second-order valence-electron chi connectivity index (χ2n) is 5.77. The van der Waals surface area contributed by atoms with Gasteiger partial charge in [-0.2, -0.15) is 0 Å². The first-order valence-corrected chi connectivity index (χ1v) is 8.02. The van der Waals surface area contributed by atoms with Crippen molar-refractivity contribution in [2.24, 2.45) is 0 Å². The number of methoxy groups -OCH3 is 1. The number of hydrogen-bond donors (Lipinski definition) is 0. The summed E-state index contributed by atoms with van der Waals surface area (Å²) in [4.78, 5) is 28.4. The molecule has 0 saturated carbocycles. The fourth-order valence-corrected chi connectivity index (χ4v) is 2.92. The van der Waals surface area contributed by atoms with Gasteiger partial charge in [-0.05, 0) is 42.0 Å². The summed E-state index contributed by atoms with van der Waals surface area (Å²) in [6.45, 7) is 0. The van der Waals surface area contributed by atoms with Crippen molar-refractivity contribution in [3.8, 4) is 5.75 Å². The predicted octanol–water partition coefficient (Wildman–Crippen LogP) is 3.28. The molecule has 5 nitrogen and oxygen atoms in total. The first-order chi connectivity index (χ1) is 11.9. The van der Waals surface area contributed by atoms with Crippen molar-refractivity contribution in [3.05, 3.63) is 59.1 Å². The van der Waals surface area contributed by atoms with Crippen LogP contribution in [0.3, 0.4) is 0 Å². The number of hydrogen-bond acceptors (Lipinski definition) is 4. The second-order valence-corrected chi connectivity index (χ2v) is 6.15. The predicted molar refractivity (Wildman–Crippen MR) is 99.0 cm³/mol. The average molecular weight is 357 g/mol. The number of benzene rings is 2. The summed E-state index contributed by atoms with van der Waals surface area (Å²) in [7, 11) is 5.40. The molecule has 0 aliphatic carbocycles. The smallest absolute Gasteiger partial charge is 0.277 e. The van der Waals surface area contributed by atoms with Gasteiger partial charge in [-0.1, -0.05) is 23.7 Å². The van der Waals surface area contributed by atoms with Gasteiger partial charge >= 0.3 is 0 Å². The van der Waals surface area contributed by atoms with Crippen molar-refractivity contribution in [2.45, 2.75) is 0 Å². The number of ether oxygens (including phenoxy) is 1. The van der Waals surface area contributed by atoms with Crippen molar-refractivity contribution in [2.75, 3.05) is 31.0 Å². The van der Waals surface area contributed by atoms with Gasteiger partial charge in [-0.15, -0.1) is 0 Å². The standard InChI is InChI=1S/C19H17ClN2O3/c1-21(2)13-6-8-14(9-7-13)22-18(23)16(17(20)19(22)24)12-4-10-15(25-3)11-5-12/h4-11H,1-3H3. The van der Waals surface area contributed by atoms with Crippen LogP contribution in [0.1, 0.15) is 5.56 Å². The summed E-state index contributed by atoms with van der Waals surface area (Å²) >= 11 is 6.19. The van der Waals surface area contributed by atoms with Crippen LogP contribution in [0.5, 0.6) is 5.75 Å². The minimum absolute atomic E-state index is 0.0770. The zero-order valence-corrected chi connectivity index (χ0v) is 14.9. The molecule has 25 heavy (non-hydrogen) atoms. The molecule has 0 saturated heterocycles. The minimum Gasteiger partial charge on any atom is -0.497 e. The summed E-state index contributed by atoms with van der Waals surface area (Å²) < 4.78 is 5.11. The fraction of sp³-hybridized carbons (Fsp3) is 0.158. The van der Waals surface area contributed by atoms with Gasteiger partial charge in [0.15, 0.2) is 0 Å². The van der Waals surface area contributed by atoms with Gasteiger partial charge in [-0.3, -0.25) is 9.59 Å². The third-order valence-corrected chi connectivity index (χ3v) is 4.38. The van der Waals surface area contributed by atoms with E-state index in [4.69, 9.17) is 16.3 Å². The Morgan fingerprint density at radius 2 is 1.52 bits per heavy atom. The molecule has 6 heteroatoms. The minimum atomic E-state index is -0.518. The number of halogens is 1. The molecular formula is C19H17ClN2O3. The Bertz CT molecular complexity index is 855. The Kier molecular flexibility index (Phi) is 4.51. The van der Waals surface area contributed by atoms with E-state index in [-0.39, 0.29) is 10.6 Å². The molecule has 0 spiro atoms. The van der Waals surface area contributed by atoms with Crippen LogP contribution in [0.2, 0.25) is 0 Å². The topological polar surface area (TPSA) is 49.9 Å². The Morgan fingerprint density at radius 3 is 2.04 bits per heavy atom. The lowest BCUT2D eigenvalue weighted by atomic mass is 10.1. The van der Waals surface area contributed by atoms with E-state index in [2.05, 4.69) is 0 Å². The molecule has 2 amide bonds. The second kappa shape index (κ2) is 6.61. The van der Waals surface area contributed by atoms with Crippen LogP contribution >= 0.6 is 11.6 Å². The van der Waals surface area contributed by atoms with Crippen LogP contribution < -0.4 is 14.5 Å². The van der Waals surface area contributed by atoms with E-state index in [9.17, 15) is 9.59 Å². The molecule has 1 aliphatic rings. The van der Waals surface area contributed by atoms with Gasteiger partial charge in [0.2, 0.25) is 0 Å². The van der Waals surface area contributed by atoms with Crippen LogP contribution in [0.15, 0.2) is 53.6 Å². The number of carbonyl (C=O) groups excluding carboxylic acids is 2. The summed E-state index contributed by atoms with van der Waals surface area (Å²) in [6.07, 6.45) is 0. The maximum Gasteiger partial charge on any atom is 0.277 e. The maximum atomic E-state index is 12.8. The lowest BCUT2D eigenvalue weighted by Crippen LogP contribution is -2.31. The highest BCUT2D eigenvalue weighted by Gasteiger charge is 2.39. The van der Waals surface area contributed by atoms with E-state index in [0.717, 1.165) is 10.6 Å². The SMILES string of the molecule is COc1ccc(C2=C(Cl)C(=O)N(c3ccc(N(C)C)cc3)C2=O)cc1. The maximum absolute atomic E-state index is 12.8. The summed E-state index contributed by atoms with van der Waals surface area (Å²) in [5.41, 5.74) is 2.24. The summed E-state index contributed by atoms with van der Waals surface area (Å²) in [5.74, 6) is -0.291. The Labute approximate surface area is 151 Å². The first-order valence-electron chi connectivity index (χ1n) is 7.64. The zero-order valence-electron chi connectivity index (χ0n) is 14.1. The average Bonchev–Trinajstić information content (AvgIpc) is 2.84. The molecule has 2 aromatic carbocycles. The van der Waals surface area contributed by atoms with Crippen molar-refractivity contribution in [1.82, 2.24) is 0 Å². The number of imide groups is 1. The highest BCUT2D eigenvalue weighted by Crippen LogP contribution is 2.35. The van der Waals surface area contributed by atoms with Crippen LogP contribution in [-0.4, -0.2) is 33.0 Å². The van der Waals surface area contributed by atoms with Crippen LogP contribution in [0, 0.1) is 0 Å². The van der Waals surface area contributed by atoms with Gasteiger partial charge < -0.3 is 9.64 Å². The van der Waals surface area contributed by atoms with E-state index in [1.807, 2.05) is 31.1 Å². The number of rotatable bonds is 4. The molecule has 1 heterocycles. The monoisotopic (exact) mass is 356 g/mol. The summed E-state index contributed by atoms with van der Waals surface area (Å²) in [5, 5.41) is -0.0770. The molecule has 1 aliphatic heterocycles. The van der Waals surface area contributed by atoms with E-state index < -0.39 is 11.8 Å². The van der Waals surface area contributed by atoms with Gasteiger partial charge in [0, 0.05) is 19.8 Å². The van der Waals surface area contributed by atoms with Crippen molar-refractivity contribution in [1.29, 1.82) is 0 Å². The molecule has 0 unspecified atom stereocenters. The van der Waals surface area contributed by atoms with E-state index in [1.165, 1.54) is 0 Å². The normalized spacial score (nSPS) is 14.3. The lowest BCUT2D eigenvalue weighted by molar-refractivity contribution is -0.119. The van der Waals surface area contributed by atoms with Gasteiger partial charge in [0.05, 0.1) is 18.4 Å². The number of anilines is 2. The Balaban J connectivity index is 1.95. The Hall–Kier alpha value is -2.79. The molecule has 0 aromatic heterocycles. The van der Waals surface area contributed by atoms with Crippen molar-refractivity contribution in [3.63, 3.8) is 0 Å². The van der Waals surface area contributed by atoms with Gasteiger partial charge in [0.1, 0.15) is 10.8 Å². The molecule has 0 radical (unpaired) electrons. The molecular weight excluding hydrogens is 340 g/mol. The molecule has 0 N–H and O–H groups in total. The van der Waals surface area contributed by atoms with Crippen molar-refractivity contribution < 1.29 is 14.3 Å². The van der Waals surface area contributed by atoms with Crippen LogP contribution in [-0.2, 0) is 9.59 Å². The molecule has 0 fully saturated rings. The van der Waals surface area contributed by atoms with E-state index >= 15 is 0 Å². The van der Waals surface area contributed by atoms with Crippen molar-refractivity contribution >= 4 is 40.4 Å². The molecule has 2 aromatic rings. The number of nitrogens with zero attached hydrogens (tertiary/aromatic N) is 2. The quantitative estimate of drug-likeness (QED) is 0.789. The van der Waals surface area contributed by atoms with Gasteiger partial charge in [-0.25, -0.2) is 4.90 Å². The molecule has 128 valence electrons. The first kappa shape index (κ1) is 17.0. The highest BCUT2D eigenvalue weighted by molar-refractivity contribution is 6.60.